The van der Waals surface area contributed by atoms with Crippen LogP contribution in [-0.2, 0) is 25.6 Å². The van der Waals surface area contributed by atoms with Crippen LogP contribution in [0.15, 0.2) is 6.20 Å². The normalized spacial score (nSPS) is 29.2. The van der Waals surface area contributed by atoms with Crippen molar-refractivity contribution in [3.8, 4) is 0 Å². The number of rotatable bonds is 7. The van der Waals surface area contributed by atoms with Crippen molar-refractivity contribution in [1.29, 1.82) is 0 Å². The molecule has 2 heterocycles. The van der Waals surface area contributed by atoms with Gasteiger partial charge in [0.15, 0.2) is 0 Å². The van der Waals surface area contributed by atoms with Gasteiger partial charge in [-0.1, -0.05) is 5.21 Å². The number of ether oxygens (including phenoxy) is 2. The number of nitrogens with zero attached hydrogens (tertiary/aromatic N) is 3. The molecule has 0 spiro atoms. The Labute approximate surface area is 154 Å². The Morgan fingerprint density at radius 2 is 2.04 bits per heavy atom. The van der Waals surface area contributed by atoms with Gasteiger partial charge in [-0.05, 0) is 6.42 Å². The van der Waals surface area contributed by atoms with Gasteiger partial charge >= 0.3 is 5.97 Å². The summed E-state index contributed by atoms with van der Waals surface area (Å²) in [5.41, 5.74) is 0.182. The van der Waals surface area contributed by atoms with Gasteiger partial charge in [0.1, 0.15) is 42.3 Å². The Kier molecular flexibility index (Phi) is 7.21. The summed E-state index contributed by atoms with van der Waals surface area (Å²) in [4.78, 5) is 22.9. The highest BCUT2D eigenvalue weighted by Gasteiger charge is 2.45. The molecule has 1 aromatic rings. The van der Waals surface area contributed by atoms with Crippen LogP contribution in [0.2, 0.25) is 0 Å². The second kappa shape index (κ2) is 9.19. The average Bonchev–Trinajstić information content (AvgIpc) is 3.11. The SMILES string of the molecule is COC(=O)[C@H](CCn1cc([C@@H]2OC(CO)[C@H](O)C(O)C2O)nn1)NC(C)=O. The molecule has 1 fully saturated rings. The van der Waals surface area contributed by atoms with Crippen LogP contribution in [0.3, 0.4) is 0 Å². The summed E-state index contributed by atoms with van der Waals surface area (Å²) in [6.45, 7) is 0.931. The van der Waals surface area contributed by atoms with Gasteiger partial charge < -0.3 is 35.2 Å². The first-order valence-corrected chi connectivity index (χ1v) is 8.34. The molecule has 1 aromatic heterocycles. The van der Waals surface area contributed by atoms with Crippen LogP contribution in [-0.4, -0.2) is 91.5 Å². The van der Waals surface area contributed by atoms with Crippen LogP contribution < -0.4 is 5.32 Å². The topological polar surface area (TPSA) is 176 Å². The second-order valence-electron chi connectivity index (χ2n) is 6.22. The molecule has 1 amide bonds. The van der Waals surface area contributed by atoms with Gasteiger partial charge in [0.2, 0.25) is 5.91 Å². The molecular weight excluding hydrogens is 364 g/mol. The number of hydrogen-bond acceptors (Lipinski definition) is 10. The number of carbonyl (C=O) groups is 2. The molecule has 12 nitrogen and oxygen atoms in total. The Morgan fingerprint density at radius 1 is 1.33 bits per heavy atom. The van der Waals surface area contributed by atoms with Gasteiger partial charge in [0.25, 0.3) is 0 Å². The lowest BCUT2D eigenvalue weighted by Gasteiger charge is -2.39. The number of aliphatic hydroxyl groups excluding tert-OH is 4. The van der Waals surface area contributed by atoms with Crippen molar-refractivity contribution in [3.05, 3.63) is 11.9 Å². The molecule has 5 N–H and O–H groups in total. The van der Waals surface area contributed by atoms with Crippen molar-refractivity contribution in [2.75, 3.05) is 13.7 Å². The summed E-state index contributed by atoms with van der Waals surface area (Å²) in [7, 11) is 1.21. The number of nitrogens with one attached hydrogen (secondary N) is 1. The number of methoxy groups -OCH3 is 1. The number of amides is 1. The Bertz CT molecular complexity index is 652. The van der Waals surface area contributed by atoms with Gasteiger partial charge in [0, 0.05) is 13.5 Å². The Hall–Kier alpha value is -2.12. The van der Waals surface area contributed by atoms with Crippen LogP contribution in [0, 0.1) is 0 Å². The molecule has 152 valence electrons. The molecule has 0 saturated carbocycles. The molecule has 0 aliphatic carbocycles. The van der Waals surface area contributed by atoms with E-state index in [2.05, 4.69) is 20.4 Å². The summed E-state index contributed by atoms with van der Waals surface area (Å²) in [6, 6.07) is -0.854. The first-order chi connectivity index (χ1) is 12.8. The molecule has 0 radical (unpaired) electrons. The minimum Gasteiger partial charge on any atom is -0.467 e. The number of aromatic nitrogens is 3. The number of aliphatic hydroxyl groups is 4. The van der Waals surface area contributed by atoms with E-state index in [4.69, 9.17) is 4.74 Å². The molecule has 6 atom stereocenters. The number of hydrogen-bond donors (Lipinski definition) is 5. The second-order valence-corrected chi connectivity index (χ2v) is 6.22. The minimum absolute atomic E-state index is 0.182. The fourth-order valence-corrected chi connectivity index (χ4v) is 2.80. The van der Waals surface area contributed by atoms with E-state index in [1.807, 2.05) is 0 Å². The summed E-state index contributed by atoms with van der Waals surface area (Å²) in [5, 5.41) is 49.2. The van der Waals surface area contributed by atoms with Crippen molar-refractivity contribution in [3.63, 3.8) is 0 Å². The first kappa shape index (κ1) is 21.2. The summed E-state index contributed by atoms with van der Waals surface area (Å²) in [5.74, 6) is -0.981. The molecule has 0 aromatic carbocycles. The summed E-state index contributed by atoms with van der Waals surface area (Å²) < 4.78 is 11.4. The highest BCUT2D eigenvalue weighted by atomic mass is 16.5. The van der Waals surface area contributed by atoms with Crippen molar-refractivity contribution >= 4 is 11.9 Å². The Morgan fingerprint density at radius 3 is 2.63 bits per heavy atom. The maximum Gasteiger partial charge on any atom is 0.328 e. The fraction of sp³-hybridized carbons (Fsp3) is 0.733. The molecule has 1 aliphatic heterocycles. The maximum absolute atomic E-state index is 11.7. The number of esters is 1. The van der Waals surface area contributed by atoms with Crippen LogP contribution in [0.1, 0.15) is 25.1 Å². The maximum atomic E-state index is 11.7. The van der Waals surface area contributed by atoms with Crippen molar-refractivity contribution in [1.82, 2.24) is 20.3 Å². The third kappa shape index (κ3) is 4.99. The Balaban J connectivity index is 2.05. The standard InChI is InChI=1S/C15H24N4O8/c1-7(21)16-8(15(25)26-2)3-4-19-5-9(17-18-19)14-13(24)12(23)11(22)10(6-20)27-14/h5,8,10-14,20,22-24H,3-4,6H2,1-2H3,(H,16,21)/t8-,10?,11-,12?,13?,14-/m0/s1. The zero-order valence-electron chi connectivity index (χ0n) is 14.9. The lowest BCUT2D eigenvalue weighted by Crippen LogP contribution is -2.55. The molecule has 1 aliphatic rings. The number of aryl methyl sites for hydroxylation is 1. The van der Waals surface area contributed by atoms with E-state index in [1.54, 1.807) is 0 Å². The van der Waals surface area contributed by atoms with Gasteiger partial charge in [-0.2, -0.15) is 0 Å². The van der Waals surface area contributed by atoms with Crippen molar-refractivity contribution < 1.29 is 39.5 Å². The van der Waals surface area contributed by atoms with Crippen molar-refractivity contribution in [2.24, 2.45) is 0 Å². The lowest BCUT2D eigenvalue weighted by molar-refractivity contribution is -0.232. The highest BCUT2D eigenvalue weighted by molar-refractivity contribution is 5.83. The van der Waals surface area contributed by atoms with E-state index in [9.17, 15) is 30.0 Å². The van der Waals surface area contributed by atoms with Gasteiger partial charge in [-0.3, -0.25) is 9.48 Å². The number of carbonyl (C=O) groups excluding carboxylic acids is 2. The predicted molar refractivity (Wildman–Crippen MR) is 87.0 cm³/mol. The monoisotopic (exact) mass is 388 g/mol. The molecule has 12 heteroatoms. The average molecular weight is 388 g/mol. The largest absolute Gasteiger partial charge is 0.467 e. The van der Waals surface area contributed by atoms with E-state index in [1.165, 1.54) is 24.9 Å². The van der Waals surface area contributed by atoms with Gasteiger partial charge in [-0.15, -0.1) is 5.10 Å². The smallest absolute Gasteiger partial charge is 0.328 e. The van der Waals surface area contributed by atoms with E-state index in [0.29, 0.717) is 0 Å². The zero-order valence-corrected chi connectivity index (χ0v) is 14.9. The van der Waals surface area contributed by atoms with E-state index in [0.717, 1.165) is 0 Å². The molecule has 1 saturated heterocycles. The van der Waals surface area contributed by atoms with Gasteiger partial charge in [-0.25, -0.2) is 4.79 Å². The molecule has 0 bridgehead atoms. The quantitative estimate of drug-likeness (QED) is 0.300. The summed E-state index contributed by atoms with van der Waals surface area (Å²) in [6.07, 6.45) is -4.97. The highest BCUT2D eigenvalue weighted by Crippen LogP contribution is 2.31. The molecule has 3 unspecified atom stereocenters. The molecule has 2 rings (SSSR count). The first-order valence-electron chi connectivity index (χ1n) is 8.34. The van der Waals surface area contributed by atoms with Crippen LogP contribution in [0.5, 0.6) is 0 Å². The van der Waals surface area contributed by atoms with Crippen LogP contribution >= 0.6 is 0 Å². The van der Waals surface area contributed by atoms with E-state index < -0.39 is 49.1 Å². The third-order valence-electron chi connectivity index (χ3n) is 4.25. The zero-order chi connectivity index (χ0) is 20.1. The fourth-order valence-electron chi connectivity index (χ4n) is 2.80. The van der Waals surface area contributed by atoms with Crippen LogP contribution in [0.25, 0.3) is 0 Å². The van der Waals surface area contributed by atoms with Crippen LogP contribution in [0.4, 0.5) is 0 Å². The summed E-state index contributed by atoms with van der Waals surface area (Å²) >= 11 is 0. The third-order valence-corrected chi connectivity index (χ3v) is 4.25. The van der Waals surface area contributed by atoms with Gasteiger partial charge in [0.05, 0.1) is 19.9 Å². The minimum atomic E-state index is -1.52. The van der Waals surface area contributed by atoms with E-state index >= 15 is 0 Å². The predicted octanol–water partition coefficient (Wildman–Crippen LogP) is -3.14. The van der Waals surface area contributed by atoms with E-state index in [-0.39, 0.29) is 24.6 Å². The molecule has 27 heavy (non-hydrogen) atoms. The molecular formula is C15H24N4O8. The lowest BCUT2D eigenvalue weighted by atomic mass is 9.94. The van der Waals surface area contributed by atoms with Crippen molar-refractivity contribution in [2.45, 2.75) is 56.5 Å².